The molecule has 4 heteroatoms. The van der Waals surface area contributed by atoms with Crippen molar-refractivity contribution < 1.29 is 0 Å². The van der Waals surface area contributed by atoms with E-state index in [2.05, 4.69) is 36.1 Å². The molecule has 0 aliphatic rings. The maximum Gasteiger partial charge on any atom is 0.126 e. The van der Waals surface area contributed by atoms with Crippen LogP contribution in [0.1, 0.15) is 19.5 Å². The predicted molar refractivity (Wildman–Crippen MR) is 70.0 cm³/mol. The first-order valence-corrected chi connectivity index (χ1v) is 5.92. The number of nitrogens with zero attached hydrogens (tertiary/aromatic N) is 2. The van der Waals surface area contributed by atoms with Crippen molar-refractivity contribution >= 4 is 17.4 Å². The van der Waals surface area contributed by atoms with E-state index in [1.165, 1.54) is 0 Å². The first-order chi connectivity index (χ1) is 7.52. The van der Waals surface area contributed by atoms with Crippen molar-refractivity contribution in [2.75, 3.05) is 26.0 Å². The number of anilines is 1. The number of rotatable bonds is 5. The molecule has 1 heterocycles. The summed E-state index contributed by atoms with van der Waals surface area (Å²) in [4.78, 5) is 6.69. The quantitative estimate of drug-likeness (QED) is 0.859. The summed E-state index contributed by atoms with van der Waals surface area (Å²) in [6.07, 6.45) is 0. The first-order valence-electron chi connectivity index (χ1n) is 5.54. The highest BCUT2D eigenvalue weighted by Gasteiger charge is 2.08. The van der Waals surface area contributed by atoms with E-state index in [4.69, 9.17) is 11.6 Å². The number of aromatic nitrogens is 1. The fraction of sp³-hybridized carbons (Fsp3) is 0.583. The Morgan fingerprint density at radius 1 is 1.44 bits per heavy atom. The Morgan fingerprint density at radius 3 is 2.69 bits per heavy atom. The van der Waals surface area contributed by atoms with Gasteiger partial charge in [-0.2, -0.15) is 0 Å². The molecule has 1 aromatic heterocycles. The average Bonchev–Trinajstić information content (AvgIpc) is 2.20. The first kappa shape index (κ1) is 13.3. The summed E-state index contributed by atoms with van der Waals surface area (Å²) in [5, 5.41) is 3.75. The minimum Gasteiger partial charge on any atom is -0.373 e. The third-order valence-electron chi connectivity index (χ3n) is 2.27. The summed E-state index contributed by atoms with van der Waals surface area (Å²) in [6, 6.07) is 3.77. The lowest BCUT2D eigenvalue weighted by Gasteiger charge is -2.19. The van der Waals surface area contributed by atoms with E-state index in [0.29, 0.717) is 5.92 Å². The summed E-state index contributed by atoms with van der Waals surface area (Å²) in [7, 11) is 3.95. The van der Waals surface area contributed by atoms with E-state index in [1.807, 2.05) is 19.2 Å². The summed E-state index contributed by atoms with van der Waals surface area (Å²) in [5.41, 5.74) is 0.927. The molecule has 0 aliphatic carbocycles. The van der Waals surface area contributed by atoms with Crippen molar-refractivity contribution in [3.05, 3.63) is 22.8 Å². The number of nitrogens with one attached hydrogen (secondary N) is 1. The maximum absolute atomic E-state index is 6.12. The van der Waals surface area contributed by atoms with E-state index in [0.717, 1.165) is 29.6 Å². The second-order valence-corrected chi connectivity index (χ2v) is 4.87. The molecular weight excluding hydrogens is 222 g/mol. The monoisotopic (exact) mass is 241 g/mol. The van der Waals surface area contributed by atoms with E-state index in [-0.39, 0.29) is 0 Å². The Morgan fingerprint density at radius 2 is 2.12 bits per heavy atom. The highest BCUT2D eigenvalue weighted by molar-refractivity contribution is 6.31. The van der Waals surface area contributed by atoms with Gasteiger partial charge >= 0.3 is 0 Å². The fourth-order valence-corrected chi connectivity index (χ4v) is 1.84. The number of halogens is 1. The van der Waals surface area contributed by atoms with E-state index in [9.17, 15) is 0 Å². The highest BCUT2D eigenvalue weighted by Crippen LogP contribution is 2.18. The Balaban J connectivity index is 2.71. The molecule has 0 radical (unpaired) electrons. The molecule has 1 aromatic rings. The molecule has 0 fully saturated rings. The van der Waals surface area contributed by atoms with Crippen LogP contribution in [0.15, 0.2) is 12.1 Å². The standard InChI is InChI=1S/C12H20ClN3/c1-9(2)7-16(4)8-11-10(13)5-6-12(14-3)15-11/h5-6,9H,7-8H2,1-4H3,(H,14,15). The second-order valence-electron chi connectivity index (χ2n) is 4.47. The number of hydrogen-bond acceptors (Lipinski definition) is 3. The maximum atomic E-state index is 6.12. The van der Waals surface area contributed by atoms with Gasteiger partial charge in [-0.05, 0) is 25.1 Å². The number of pyridine rings is 1. The molecule has 90 valence electrons. The van der Waals surface area contributed by atoms with Crippen LogP contribution in [0, 0.1) is 5.92 Å². The van der Waals surface area contributed by atoms with Crippen LogP contribution in [-0.4, -0.2) is 30.5 Å². The zero-order valence-electron chi connectivity index (χ0n) is 10.4. The molecule has 0 saturated heterocycles. The molecule has 0 amide bonds. The lowest BCUT2D eigenvalue weighted by Crippen LogP contribution is -2.23. The minimum absolute atomic E-state index is 0.649. The third kappa shape index (κ3) is 3.99. The lowest BCUT2D eigenvalue weighted by atomic mass is 10.2. The van der Waals surface area contributed by atoms with Gasteiger partial charge in [-0.25, -0.2) is 4.98 Å². The van der Waals surface area contributed by atoms with Crippen LogP contribution in [0.5, 0.6) is 0 Å². The molecule has 0 aliphatic heterocycles. The summed E-state index contributed by atoms with van der Waals surface area (Å²) in [6.45, 7) is 6.24. The summed E-state index contributed by atoms with van der Waals surface area (Å²) >= 11 is 6.12. The van der Waals surface area contributed by atoms with Crippen LogP contribution in [0.2, 0.25) is 5.02 Å². The topological polar surface area (TPSA) is 28.2 Å². The highest BCUT2D eigenvalue weighted by atomic mass is 35.5. The van der Waals surface area contributed by atoms with Gasteiger partial charge in [-0.1, -0.05) is 25.4 Å². The van der Waals surface area contributed by atoms with Gasteiger partial charge in [0.1, 0.15) is 5.82 Å². The Labute approximate surface area is 103 Å². The molecule has 3 nitrogen and oxygen atoms in total. The molecule has 0 atom stereocenters. The van der Waals surface area contributed by atoms with Crippen molar-refractivity contribution in [3.63, 3.8) is 0 Å². The van der Waals surface area contributed by atoms with Gasteiger partial charge in [0.2, 0.25) is 0 Å². The predicted octanol–water partition coefficient (Wildman–Crippen LogP) is 2.86. The molecule has 1 rings (SSSR count). The molecule has 0 spiro atoms. The molecule has 0 unspecified atom stereocenters. The third-order valence-corrected chi connectivity index (χ3v) is 2.62. The van der Waals surface area contributed by atoms with Gasteiger partial charge in [0.05, 0.1) is 10.7 Å². The lowest BCUT2D eigenvalue weighted by molar-refractivity contribution is 0.285. The zero-order valence-corrected chi connectivity index (χ0v) is 11.2. The van der Waals surface area contributed by atoms with Gasteiger partial charge in [-0.15, -0.1) is 0 Å². The molecule has 16 heavy (non-hydrogen) atoms. The van der Waals surface area contributed by atoms with Crippen molar-refractivity contribution in [3.8, 4) is 0 Å². The van der Waals surface area contributed by atoms with E-state index >= 15 is 0 Å². The van der Waals surface area contributed by atoms with Gasteiger partial charge in [0, 0.05) is 20.1 Å². The van der Waals surface area contributed by atoms with Crippen molar-refractivity contribution in [2.45, 2.75) is 20.4 Å². The molecular formula is C12H20ClN3. The van der Waals surface area contributed by atoms with Crippen LogP contribution in [0.4, 0.5) is 5.82 Å². The molecule has 1 N–H and O–H groups in total. The van der Waals surface area contributed by atoms with Gasteiger partial charge in [0.15, 0.2) is 0 Å². The Kier molecular flexibility index (Phi) is 5.03. The summed E-state index contributed by atoms with van der Waals surface area (Å²) < 4.78 is 0. The average molecular weight is 242 g/mol. The fourth-order valence-electron chi connectivity index (χ4n) is 1.68. The molecule has 0 bridgehead atoms. The van der Waals surface area contributed by atoms with E-state index in [1.54, 1.807) is 0 Å². The van der Waals surface area contributed by atoms with Crippen LogP contribution in [0.3, 0.4) is 0 Å². The zero-order chi connectivity index (χ0) is 12.1. The van der Waals surface area contributed by atoms with Gasteiger partial charge in [-0.3, -0.25) is 0 Å². The van der Waals surface area contributed by atoms with Crippen LogP contribution in [-0.2, 0) is 6.54 Å². The largest absolute Gasteiger partial charge is 0.373 e. The molecule has 0 aromatic carbocycles. The Hall–Kier alpha value is -0.800. The second kappa shape index (κ2) is 6.06. The van der Waals surface area contributed by atoms with Crippen molar-refractivity contribution in [2.24, 2.45) is 5.92 Å². The smallest absolute Gasteiger partial charge is 0.126 e. The van der Waals surface area contributed by atoms with Crippen molar-refractivity contribution in [1.82, 2.24) is 9.88 Å². The SMILES string of the molecule is CNc1ccc(Cl)c(CN(C)CC(C)C)n1. The Bertz CT molecular complexity index is 339. The van der Waals surface area contributed by atoms with E-state index < -0.39 is 0 Å². The van der Waals surface area contributed by atoms with Crippen LogP contribution >= 0.6 is 11.6 Å². The van der Waals surface area contributed by atoms with Crippen LogP contribution in [0.25, 0.3) is 0 Å². The van der Waals surface area contributed by atoms with Gasteiger partial charge in [0.25, 0.3) is 0 Å². The van der Waals surface area contributed by atoms with Crippen molar-refractivity contribution in [1.29, 1.82) is 0 Å². The minimum atomic E-state index is 0.649. The number of hydrogen-bond donors (Lipinski definition) is 1. The molecule has 0 saturated carbocycles. The van der Waals surface area contributed by atoms with Gasteiger partial charge < -0.3 is 10.2 Å². The van der Waals surface area contributed by atoms with Crippen LogP contribution < -0.4 is 5.32 Å². The normalized spacial score (nSPS) is 11.2. The summed E-state index contributed by atoms with van der Waals surface area (Å²) in [5.74, 6) is 1.51.